The van der Waals surface area contributed by atoms with Gasteiger partial charge in [0.15, 0.2) is 0 Å². The van der Waals surface area contributed by atoms with E-state index in [9.17, 15) is 19.7 Å². The Balaban J connectivity index is 1.97. The Kier molecular flexibility index (Phi) is 6.24. The quantitative estimate of drug-likeness (QED) is 0.463. The third kappa shape index (κ3) is 5.12. The molecule has 0 unspecified atom stereocenters. The van der Waals surface area contributed by atoms with E-state index in [-0.39, 0.29) is 23.4 Å². The highest BCUT2D eigenvalue weighted by Gasteiger charge is 2.26. The van der Waals surface area contributed by atoms with Crippen LogP contribution < -0.4 is 5.32 Å². The SMILES string of the molecule is CC(C)[C@H](NC(=O)c1ccccc1)C(=O)OCc1csc([N+](=O)[O-])c1. The van der Waals surface area contributed by atoms with Gasteiger partial charge in [-0.2, -0.15) is 0 Å². The first-order valence-corrected chi connectivity index (χ1v) is 8.50. The number of hydrogen-bond donors (Lipinski definition) is 1. The minimum atomic E-state index is -0.804. The lowest BCUT2D eigenvalue weighted by Crippen LogP contribution is -2.45. The second-order valence-electron chi connectivity index (χ2n) is 5.72. The highest BCUT2D eigenvalue weighted by atomic mass is 32.1. The van der Waals surface area contributed by atoms with Crippen LogP contribution in [0.3, 0.4) is 0 Å². The summed E-state index contributed by atoms with van der Waals surface area (Å²) in [6.07, 6.45) is 0. The van der Waals surface area contributed by atoms with Crippen molar-refractivity contribution in [3.05, 3.63) is 63.0 Å². The van der Waals surface area contributed by atoms with Crippen molar-refractivity contribution in [2.45, 2.75) is 26.5 Å². The third-order valence-electron chi connectivity index (χ3n) is 3.44. The molecule has 0 radical (unpaired) electrons. The number of carbonyl (C=O) groups is 2. The molecule has 0 saturated carbocycles. The van der Waals surface area contributed by atoms with Crippen molar-refractivity contribution < 1.29 is 19.2 Å². The lowest BCUT2D eigenvalue weighted by molar-refractivity contribution is -0.380. The number of nitrogens with zero attached hydrogens (tertiary/aromatic N) is 1. The highest BCUT2D eigenvalue weighted by molar-refractivity contribution is 7.13. The number of thiophene rings is 1. The third-order valence-corrected chi connectivity index (χ3v) is 4.37. The second kappa shape index (κ2) is 8.39. The summed E-state index contributed by atoms with van der Waals surface area (Å²) in [5.74, 6) is -1.10. The number of esters is 1. The zero-order valence-corrected chi connectivity index (χ0v) is 14.6. The molecule has 1 N–H and O–H groups in total. The van der Waals surface area contributed by atoms with E-state index in [1.54, 1.807) is 49.6 Å². The number of carbonyl (C=O) groups excluding carboxylic acids is 2. The molecule has 8 heteroatoms. The van der Waals surface area contributed by atoms with Gasteiger partial charge in [0, 0.05) is 22.6 Å². The normalized spacial score (nSPS) is 11.8. The minimum absolute atomic E-state index is 0.0103. The molecule has 0 aliphatic heterocycles. The van der Waals surface area contributed by atoms with Gasteiger partial charge in [-0.15, -0.1) is 0 Å². The fourth-order valence-corrected chi connectivity index (χ4v) is 2.80. The van der Waals surface area contributed by atoms with Gasteiger partial charge in [-0.3, -0.25) is 14.9 Å². The van der Waals surface area contributed by atoms with Crippen LogP contribution in [0.4, 0.5) is 5.00 Å². The van der Waals surface area contributed by atoms with Crippen LogP contribution in [0.25, 0.3) is 0 Å². The first kappa shape index (κ1) is 18.6. The molecule has 1 amide bonds. The lowest BCUT2D eigenvalue weighted by Gasteiger charge is -2.20. The van der Waals surface area contributed by atoms with Crippen LogP contribution in [-0.2, 0) is 16.1 Å². The van der Waals surface area contributed by atoms with Crippen molar-refractivity contribution in [3.63, 3.8) is 0 Å². The summed E-state index contributed by atoms with van der Waals surface area (Å²) in [5.41, 5.74) is 0.997. The fourth-order valence-electron chi connectivity index (χ4n) is 2.09. The van der Waals surface area contributed by atoms with Gasteiger partial charge in [0.2, 0.25) is 0 Å². The predicted octanol–water partition coefficient (Wildman–Crippen LogP) is 3.15. The van der Waals surface area contributed by atoms with Crippen molar-refractivity contribution >= 4 is 28.2 Å². The molecular formula is C17H18N2O5S. The summed E-state index contributed by atoms with van der Waals surface area (Å²) in [7, 11) is 0. The largest absolute Gasteiger partial charge is 0.459 e. The first-order chi connectivity index (χ1) is 11.9. The summed E-state index contributed by atoms with van der Waals surface area (Å²) >= 11 is 0.972. The van der Waals surface area contributed by atoms with Crippen LogP contribution >= 0.6 is 11.3 Å². The monoisotopic (exact) mass is 362 g/mol. The molecule has 1 aromatic carbocycles. The number of benzene rings is 1. The molecule has 0 aliphatic rings. The van der Waals surface area contributed by atoms with Crippen LogP contribution in [0.2, 0.25) is 0 Å². The van der Waals surface area contributed by atoms with Gasteiger partial charge >= 0.3 is 11.0 Å². The Labute approximate surface area is 148 Å². The molecule has 1 heterocycles. The van der Waals surface area contributed by atoms with E-state index in [2.05, 4.69) is 5.32 Å². The van der Waals surface area contributed by atoms with Crippen LogP contribution in [0.1, 0.15) is 29.8 Å². The summed E-state index contributed by atoms with van der Waals surface area (Å²) in [6.45, 7) is 3.52. The van der Waals surface area contributed by atoms with Crippen molar-refractivity contribution in [2.75, 3.05) is 0 Å². The molecule has 132 valence electrons. The molecule has 0 saturated heterocycles. The number of hydrogen-bond acceptors (Lipinski definition) is 6. The summed E-state index contributed by atoms with van der Waals surface area (Å²) in [4.78, 5) is 34.7. The van der Waals surface area contributed by atoms with Gasteiger partial charge in [-0.25, -0.2) is 4.79 Å². The van der Waals surface area contributed by atoms with Crippen LogP contribution in [0.5, 0.6) is 0 Å². The van der Waals surface area contributed by atoms with Gasteiger partial charge in [-0.05, 0) is 18.1 Å². The van der Waals surface area contributed by atoms with E-state index in [1.165, 1.54) is 6.07 Å². The summed E-state index contributed by atoms with van der Waals surface area (Å²) in [5, 5.41) is 14.9. The molecule has 0 spiro atoms. The van der Waals surface area contributed by atoms with E-state index in [4.69, 9.17) is 4.74 Å². The average Bonchev–Trinajstić information content (AvgIpc) is 3.07. The molecule has 1 aromatic heterocycles. The predicted molar refractivity (Wildman–Crippen MR) is 93.3 cm³/mol. The minimum Gasteiger partial charge on any atom is -0.459 e. The summed E-state index contributed by atoms with van der Waals surface area (Å²) < 4.78 is 5.21. The molecule has 2 aromatic rings. The Bertz CT molecular complexity index is 757. The number of rotatable bonds is 7. The van der Waals surface area contributed by atoms with E-state index in [0.29, 0.717) is 11.1 Å². The van der Waals surface area contributed by atoms with Gasteiger partial charge in [0.05, 0.1) is 4.92 Å². The van der Waals surface area contributed by atoms with Crippen LogP contribution in [0, 0.1) is 16.0 Å². The van der Waals surface area contributed by atoms with Gasteiger partial charge < -0.3 is 10.1 Å². The zero-order valence-electron chi connectivity index (χ0n) is 13.8. The molecular weight excluding hydrogens is 344 g/mol. The molecule has 7 nitrogen and oxygen atoms in total. The van der Waals surface area contributed by atoms with E-state index < -0.39 is 16.9 Å². The van der Waals surface area contributed by atoms with Crippen LogP contribution in [0.15, 0.2) is 41.8 Å². The van der Waals surface area contributed by atoms with E-state index >= 15 is 0 Å². The van der Waals surface area contributed by atoms with Crippen molar-refractivity contribution in [3.8, 4) is 0 Å². The molecule has 0 bridgehead atoms. The number of ether oxygens (including phenoxy) is 1. The first-order valence-electron chi connectivity index (χ1n) is 7.63. The molecule has 1 atom stereocenters. The Hall–Kier alpha value is -2.74. The Morgan fingerprint density at radius 3 is 2.52 bits per heavy atom. The Morgan fingerprint density at radius 1 is 1.28 bits per heavy atom. The van der Waals surface area contributed by atoms with Crippen molar-refractivity contribution in [1.82, 2.24) is 5.32 Å². The summed E-state index contributed by atoms with van der Waals surface area (Å²) in [6, 6.07) is 9.14. The van der Waals surface area contributed by atoms with Gasteiger partial charge in [0.1, 0.15) is 12.6 Å². The lowest BCUT2D eigenvalue weighted by atomic mass is 10.0. The molecule has 0 aliphatic carbocycles. The van der Waals surface area contributed by atoms with E-state index in [0.717, 1.165) is 11.3 Å². The van der Waals surface area contributed by atoms with E-state index in [1.807, 2.05) is 0 Å². The highest BCUT2D eigenvalue weighted by Crippen LogP contribution is 2.23. The maximum absolute atomic E-state index is 12.3. The number of nitro groups is 1. The zero-order chi connectivity index (χ0) is 18.4. The molecule has 25 heavy (non-hydrogen) atoms. The maximum atomic E-state index is 12.3. The Morgan fingerprint density at radius 2 is 1.96 bits per heavy atom. The maximum Gasteiger partial charge on any atom is 0.329 e. The number of amides is 1. The topological polar surface area (TPSA) is 98.5 Å². The van der Waals surface area contributed by atoms with Gasteiger partial charge in [-0.1, -0.05) is 43.4 Å². The average molecular weight is 362 g/mol. The van der Waals surface area contributed by atoms with Gasteiger partial charge in [0.25, 0.3) is 5.91 Å². The second-order valence-corrected chi connectivity index (χ2v) is 6.61. The standard InChI is InChI=1S/C17H18N2O5S/c1-11(2)15(18-16(20)13-6-4-3-5-7-13)17(21)24-9-12-8-14(19(22)23)25-10-12/h3-8,10-11,15H,9H2,1-2H3,(H,18,20)/t15-/m0/s1. The van der Waals surface area contributed by atoms with Crippen LogP contribution in [-0.4, -0.2) is 22.8 Å². The molecule has 0 fully saturated rings. The van der Waals surface area contributed by atoms with Crippen molar-refractivity contribution in [1.29, 1.82) is 0 Å². The molecule has 2 rings (SSSR count). The smallest absolute Gasteiger partial charge is 0.329 e. The van der Waals surface area contributed by atoms with Crippen molar-refractivity contribution in [2.24, 2.45) is 5.92 Å². The number of nitrogens with one attached hydrogen (secondary N) is 1. The fraction of sp³-hybridized carbons (Fsp3) is 0.294.